The molecule has 1 amide bonds. The molecule has 0 aliphatic heterocycles. The van der Waals surface area contributed by atoms with Crippen molar-refractivity contribution in [2.24, 2.45) is 0 Å². The Kier molecular flexibility index (Phi) is 4.63. The van der Waals surface area contributed by atoms with Crippen LogP contribution in [0.25, 0.3) is 16.7 Å². The first-order chi connectivity index (χ1) is 13.5. The van der Waals surface area contributed by atoms with Crippen molar-refractivity contribution in [2.75, 3.05) is 0 Å². The van der Waals surface area contributed by atoms with Gasteiger partial charge in [0.1, 0.15) is 0 Å². The SMILES string of the molecule is CCC(NC(=O)Cc1c(C)[nH]c2c(C)ccc(C)c12)c1cn2cccnc2n1. The van der Waals surface area contributed by atoms with Gasteiger partial charge in [0, 0.05) is 35.2 Å². The molecule has 4 rings (SSSR count). The Hall–Kier alpha value is -3.15. The minimum Gasteiger partial charge on any atom is -0.358 e. The zero-order valence-electron chi connectivity index (χ0n) is 16.7. The van der Waals surface area contributed by atoms with Gasteiger partial charge >= 0.3 is 0 Å². The maximum Gasteiger partial charge on any atom is 0.233 e. The maximum absolute atomic E-state index is 12.9. The van der Waals surface area contributed by atoms with Crippen molar-refractivity contribution in [1.29, 1.82) is 0 Å². The third-order valence-electron chi connectivity index (χ3n) is 5.38. The van der Waals surface area contributed by atoms with Crippen LogP contribution in [-0.4, -0.2) is 25.3 Å². The van der Waals surface area contributed by atoms with Crippen molar-refractivity contribution in [3.63, 3.8) is 0 Å². The number of rotatable bonds is 5. The summed E-state index contributed by atoms with van der Waals surface area (Å²) in [6, 6.07) is 5.96. The molecule has 1 unspecified atom stereocenters. The number of benzene rings is 1. The van der Waals surface area contributed by atoms with E-state index >= 15 is 0 Å². The van der Waals surface area contributed by atoms with E-state index in [1.165, 1.54) is 11.1 Å². The van der Waals surface area contributed by atoms with Crippen LogP contribution in [0.1, 0.15) is 47.5 Å². The Labute approximate surface area is 164 Å². The number of amides is 1. The lowest BCUT2D eigenvalue weighted by Gasteiger charge is -2.15. The highest BCUT2D eigenvalue weighted by Crippen LogP contribution is 2.28. The summed E-state index contributed by atoms with van der Waals surface area (Å²) in [6.45, 7) is 8.26. The average molecular weight is 375 g/mol. The molecule has 3 heterocycles. The molecule has 28 heavy (non-hydrogen) atoms. The summed E-state index contributed by atoms with van der Waals surface area (Å²) in [7, 11) is 0. The molecule has 1 aromatic carbocycles. The van der Waals surface area contributed by atoms with Crippen LogP contribution in [-0.2, 0) is 11.2 Å². The van der Waals surface area contributed by atoms with Crippen LogP contribution in [0.2, 0.25) is 0 Å². The molecule has 0 saturated heterocycles. The molecular formula is C22H25N5O. The second-order valence-corrected chi connectivity index (χ2v) is 7.38. The fraction of sp³-hybridized carbons (Fsp3) is 0.318. The van der Waals surface area contributed by atoms with Gasteiger partial charge in [0.2, 0.25) is 11.7 Å². The first-order valence-corrected chi connectivity index (χ1v) is 9.64. The van der Waals surface area contributed by atoms with Crippen molar-refractivity contribution in [1.82, 2.24) is 24.7 Å². The number of imidazole rings is 1. The smallest absolute Gasteiger partial charge is 0.233 e. The molecule has 0 bridgehead atoms. The van der Waals surface area contributed by atoms with Crippen LogP contribution in [0.3, 0.4) is 0 Å². The number of hydrogen-bond donors (Lipinski definition) is 2. The van der Waals surface area contributed by atoms with E-state index in [1.54, 1.807) is 6.20 Å². The van der Waals surface area contributed by atoms with Gasteiger partial charge in [-0.2, -0.15) is 0 Å². The molecule has 0 saturated carbocycles. The molecular weight excluding hydrogens is 350 g/mol. The Bertz CT molecular complexity index is 1140. The number of aromatic nitrogens is 4. The van der Waals surface area contributed by atoms with Crippen LogP contribution in [0, 0.1) is 20.8 Å². The molecule has 144 valence electrons. The van der Waals surface area contributed by atoms with Gasteiger partial charge in [-0.3, -0.25) is 9.20 Å². The van der Waals surface area contributed by atoms with Crippen molar-refractivity contribution in [3.8, 4) is 0 Å². The summed E-state index contributed by atoms with van der Waals surface area (Å²) in [6.07, 6.45) is 6.67. The third-order valence-corrected chi connectivity index (χ3v) is 5.38. The summed E-state index contributed by atoms with van der Waals surface area (Å²) in [5.74, 6) is 0.644. The number of fused-ring (bicyclic) bond motifs is 2. The van der Waals surface area contributed by atoms with Gasteiger partial charge in [-0.15, -0.1) is 0 Å². The minimum absolute atomic E-state index is 0.00164. The molecule has 2 N–H and O–H groups in total. The first kappa shape index (κ1) is 18.2. The summed E-state index contributed by atoms with van der Waals surface area (Å²) in [5.41, 5.74) is 6.45. The second-order valence-electron chi connectivity index (χ2n) is 7.38. The summed E-state index contributed by atoms with van der Waals surface area (Å²) >= 11 is 0. The van der Waals surface area contributed by atoms with Gasteiger partial charge in [0.25, 0.3) is 0 Å². The van der Waals surface area contributed by atoms with Crippen LogP contribution in [0.5, 0.6) is 0 Å². The molecule has 0 radical (unpaired) electrons. The monoisotopic (exact) mass is 375 g/mol. The Balaban J connectivity index is 1.59. The molecule has 0 aliphatic rings. The fourth-order valence-corrected chi connectivity index (χ4v) is 3.84. The summed E-state index contributed by atoms with van der Waals surface area (Å²) in [5, 5.41) is 4.32. The Morgan fingerprint density at radius 1 is 1.25 bits per heavy atom. The van der Waals surface area contributed by atoms with Gasteiger partial charge < -0.3 is 10.3 Å². The summed E-state index contributed by atoms with van der Waals surface area (Å²) < 4.78 is 1.88. The number of hydrogen-bond acceptors (Lipinski definition) is 3. The Morgan fingerprint density at radius 3 is 2.79 bits per heavy atom. The molecule has 0 spiro atoms. The highest BCUT2D eigenvalue weighted by atomic mass is 16.1. The number of carbonyl (C=O) groups is 1. The maximum atomic E-state index is 12.9. The van der Waals surface area contributed by atoms with Crippen LogP contribution in [0.4, 0.5) is 0 Å². The molecule has 6 heteroatoms. The zero-order valence-corrected chi connectivity index (χ0v) is 16.7. The highest BCUT2D eigenvalue weighted by Gasteiger charge is 2.19. The standard InChI is InChI=1S/C22H25N5O/c1-5-17(18-12-27-10-6-9-23-22(27)26-18)25-19(28)11-16-15(4)24-21-14(3)8-7-13(2)20(16)21/h6-10,12,17,24H,5,11H2,1-4H3,(H,25,28). The lowest BCUT2D eigenvalue weighted by Crippen LogP contribution is -2.29. The number of nitrogens with one attached hydrogen (secondary N) is 2. The van der Waals surface area contributed by atoms with E-state index < -0.39 is 0 Å². The summed E-state index contributed by atoms with van der Waals surface area (Å²) in [4.78, 5) is 25.2. The Morgan fingerprint density at radius 2 is 2.04 bits per heavy atom. The quantitative estimate of drug-likeness (QED) is 0.555. The van der Waals surface area contributed by atoms with Gasteiger partial charge in [0.15, 0.2) is 0 Å². The van der Waals surface area contributed by atoms with Gasteiger partial charge in [-0.25, -0.2) is 9.97 Å². The van der Waals surface area contributed by atoms with E-state index in [0.29, 0.717) is 12.2 Å². The van der Waals surface area contributed by atoms with E-state index in [1.807, 2.05) is 36.7 Å². The van der Waals surface area contributed by atoms with Crippen molar-refractivity contribution in [2.45, 2.75) is 46.6 Å². The topological polar surface area (TPSA) is 75.1 Å². The lowest BCUT2D eigenvalue weighted by molar-refractivity contribution is -0.121. The fourth-order valence-electron chi connectivity index (χ4n) is 3.84. The van der Waals surface area contributed by atoms with E-state index in [9.17, 15) is 4.79 Å². The van der Waals surface area contributed by atoms with Crippen LogP contribution < -0.4 is 5.32 Å². The molecule has 1 atom stereocenters. The number of nitrogens with zero attached hydrogens (tertiary/aromatic N) is 3. The molecule has 4 aromatic rings. The van der Waals surface area contributed by atoms with Gasteiger partial charge in [0.05, 0.1) is 18.2 Å². The van der Waals surface area contributed by atoms with Crippen LogP contribution >= 0.6 is 0 Å². The highest BCUT2D eigenvalue weighted by molar-refractivity contribution is 5.93. The minimum atomic E-state index is -0.137. The van der Waals surface area contributed by atoms with Crippen molar-refractivity contribution < 1.29 is 4.79 Å². The lowest BCUT2D eigenvalue weighted by atomic mass is 10.0. The van der Waals surface area contributed by atoms with E-state index in [4.69, 9.17) is 0 Å². The van der Waals surface area contributed by atoms with Gasteiger partial charge in [-0.05, 0) is 49.9 Å². The molecule has 6 nitrogen and oxygen atoms in total. The zero-order chi connectivity index (χ0) is 19.8. The number of aryl methyl sites for hydroxylation is 3. The first-order valence-electron chi connectivity index (χ1n) is 9.64. The predicted molar refractivity (Wildman–Crippen MR) is 110 cm³/mol. The molecule has 3 aromatic heterocycles. The number of carbonyl (C=O) groups excluding carboxylic acids is 1. The van der Waals surface area contributed by atoms with Crippen molar-refractivity contribution >= 4 is 22.6 Å². The van der Waals surface area contributed by atoms with E-state index in [0.717, 1.165) is 34.3 Å². The van der Waals surface area contributed by atoms with Crippen LogP contribution in [0.15, 0.2) is 36.8 Å². The largest absolute Gasteiger partial charge is 0.358 e. The average Bonchev–Trinajstić information content (AvgIpc) is 3.25. The second kappa shape index (κ2) is 7.11. The molecule has 0 fully saturated rings. The van der Waals surface area contributed by atoms with E-state index in [2.05, 4.69) is 46.2 Å². The number of H-pyrrole nitrogens is 1. The van der Waals surface area contributed by atoms with Gasteiger partial charge in [-0.1, -0.05) is 19.1 Å². The van der Waals surface area contributed by atoms with Crippen molar-refractivity contribution in [3.05, 3.63) is 64.9 Å². The predicted octanol–water partition coefficient (Wildman–Crippen LogP) is 3.95. The third kappa shape index (κ3) is 3.15. The molecule has 0 aliphatic carbocycles. The normalized spacial score (nSPS) is 12.6. The van der Waals surface area contributed by atoms with E-state index in [-0.39, 0.29) is 11.9 Å². The number of aromatic amines is 1.